The number of nitrogens with one attached hydrogen (secondary N) is 1. The number of carbonyl (C=O) groups is 1. The molecule has 2 aromatic rings. The Morgan fingerprint density at radius 2 is 2.07 bits per heavy atom. The minimum absolute atomic E-state index is 0.0417. The number of sulfonamides is 1. The molecule has 148 valence electrons. The molecule has 1 unspecified atom stereocenters. The summed E-state index contributed by atoms with van der Waals surface area (Å²) in [6.45, 7) is 2.77. The lowest BCUT2D eigenvalue weighted by Crippen LogP contribution is -2.37. The molecule has 28 heavy (non-hydrogen) atoms. The highest BCUT2D eigenvalue weighted by atomic mass is 32.2. The molecule has 6 nitrogen and oxygen atoms in total. The van der Waals surface area contributed by atoms with E-state index in [9.17, 15) is 17.6 Å². The van der Waals surface area contributed by atoms with E-state index in [1.165, 1.54) is 12.1 Å². The number of benzene rings is 2. The highest BCUT2D eigenvalue weighted by Gasteiger charge is 2.33. The molecule has 0 aromatic heterocycles. The zero-order chi connectivity index (χ0) is 19.9. The number of hydrogen-bond acceptors (Lipinski definition) is 4. The molecule has 1 amide bonds. The molecule has 1 saturated heterocycles. The van der Waals surface area contributed by atoms with E-state index in [2.05, 4.69) is 4.72 Å². The number of carbonyl (C=O) groups excluding carboxylic acids is 1. The summed E-state index contributed by atoms with van der Waals surface area (Å²) in [5.74, 6) is -0.650. The number of anilines is 2. The van der Waals surface area contributed by atoms with Crippen LogP contribution in [0, 0.1) is 12.7 Å². The van der Waals surface area contributed by atoms with Gasteiger partial charge in [0.1, 0.15) is 11.9 Å². The summed E-state index contributed by atoms with van der Waals surface area (Å²) in [6, 6.07) is 8.75. The summed E-state index contributed by atoms with van der Waals surface area (Å²) >= 11 is 0. The Bertz CT molecular complexity index is 1030. The number of hydrogen-bond donors (Lipinski definition) is 1. The average molecular weight is 404 g/mol. The first-order chi connectivity index (χ1) is 13.3. The van der Waals surface area contributed by atoms with Gasteiger partial charge in [0.15, 0.2) is 0 Å². The van der Waals surface area contributed by atoms with Crippen molar-refractivity contribution in [1.29, 1.82) is 0 Å². The zero-order valence-corrected chi connectivity index (χ0v) is 16.3. The quantitative estimate of drug-likeness (QED) is 0.850. The molecular formula is C20H21FN2O4S. The van der Waals surface area contributed by atoms with Gasteiger partial charge >= 0.3 is 0 Å². The topological polar surface area (TPSA) is 75.7 Å². The first-order valence-corrected chi connectivity index (χ1v) is 10.7. The van der Waals surface area contributed by atoms with Crippen LogP contribution in [0.15, 0.2) is 41.3 Å². The van der Waals surface area contributed by atoms with E-state index in [1.807, 2.05) is 0 Å². The van der Waals surface area contributed by atoms with Crippen molar-refractivity contribution in [3.8, 4) is 0 Å². The van der Waals surface area contributed by atoms with Gasteiger partial charge in [-0.2, -0.15) is 0 Å². The normalized spacial score (nSPS) is 18.9. The van der Waals surface area contributed by atoms with Crippen LogP contribution in [0.4, 0.5) is 15.8 Å². The lowest BCUT2D eigenvalue weighted by atomic mass is 10.1. The summed E-state index contributed by atoms with van der Waals surface area (Å²) in [5, 5.41) is 0. The van der Waals surface area contributed by atoms with Crippen LogP contribution in [-0.4, -0.2) is 33.6 Å². The molecule has 0 bridgehead atoms. The number of fused-ring (bicyclic) bond motifs is 1. The monoisotopic (exact) mass is 404 g/mol. The number of nitrogens with zero attached hydrogens (tertiary/aromatic N) is 1. The fraction of sp³-hybridized carbons (Fsp3) is 0.350. The summed E-state index contributed by atoms with van der Waals surface area (Å²) in [5.41, 5.74) is 2.52. The van der Waals surface area contributed by atoms with Gasteiger partial charge in [-0.1, -0.05) is 6.07 Å². The van der Waals surface area contributed by atoms with E-state index in [4.69, 9.17) is 4.74 Å². The van der Waals surface area contributed by atoms with Gasteiger partial charge < -0.3 is 9.64 Å². The van der Waals surface area contributed by atoms with Crippen molar-refractivity contribution >= 4 is 27.3 Å². The summed E-state index contributed by atoms with van der Waals surface area (Å²) < 4.78 is 46.8. The number of amides is 1. The molecule has 2 aliphatic rings. The molecule has 0 saturated carbocycles. The molecule has 8 heteroatoms. The van der Waals surface area contributed by atoms with Crippen molar-refractivity contribution in [2.45, 2.75) is 37.2 Å². The largest absolute Gasteiger partial charge is 0.368 e. The molecule has 2 heterocycles. The van der Waals surface area contributed by atoms with Gasteiger partial charge in [-0.3, -0.25) is 9.52 Å². The molecule has 1 fully saturated rings. The number of rotatable bonds is 4. The standard InChI is InChI=1S/C20H21FN2O4S/c1-13-4-5-15(21)12-19(13)28(25,26)22-16-6-7-17-14(11-16)8-9-23(17)20(24)18-3-2-10-27-18/h4-7,11-12,18,22H,2-3,8-10H2,1H3. The van der Waals surface area contributed by atoms with Gasteiger partial charge in [0.2, 0.25) is 0 Å². The van der Waals surface area contributed by atoms with Crippen molar-refractivity contribution in [2.24, 2.45) is 0 Å². The Balaban J connectivity index is 1.57. The van der Waals surface area contributed by atoms with E-state index in [-0.39, 0.29) is 16.9 Å². The first-order valence-electron chi connectivity index (χ1n) is 9.20. The van der Waals surface area contributed by atoms with Gasteiger partial charge in [0.25, 0.3) is 15.9 Å². The molecule has 0 aliphatic carbocycles. The summed E-state index contributed by atoms with van der Waals surface area (Å²) in [6.07, 6.45) is 1.87. The Kier molecular flexibility index (Phi) is 4.84. The molecule has 0 radical (unpaired) electrons. The van der Waals surface area contributed by atoms with Gasteiger partial charge in [-0.25, -0.2) is 12.8 Å². The van der Waals surface area contributed by atoms with Crippen LogP contribution in [0.1, 0.15) is 24.0 Å². The second-order valence-corrected chi connectivity index (χ2v) is 8.75. The summed E-state index contributed by atoms with van der Waals surface area (Å²) in [4.78, 5) is 14.2. The molecular weight excluding hydrogens is 383 g/mol. The second kappa shape index (κ2) is 7.18. The third-order valence-corrected chi connectivity index (χ3v) is 6.66. The van der Waals surface area contributed by atoms with Gasteiger partial charge in [0.05, 0.1) is 4.90 Å². The number of halogens is 1. The maximum absolute atomic E-state index is 13.5. The fourth-order valence-corrected chi connectivity index (χ4v) is 5.02. The SMILES string of the molecule is Cc1ccc(F)cc1S(=O)(=O)Nc1ccc2c(c1)CCN2C(=O)C1CCCO1. The predicted octanol–water partition coefficient (Wildman–Crippen LogP) is 3.00. The van der Waals surface area contributed by atoms with Crippen LogP contribution >= 0.6 is 0 Å². The maximum atomic E-state index is 13.5. The minimum atomic E-state index is -3.92. The molecule has 4 rings (SSSR count). The van der Waals surface area contributed by atoms with E-state index in [0.717, 1.165) is 30.2 Å². The van der Waals surface area contributed by atoms with Crippen LogP contribution < -0.4 is 9.62 Å². The third-order valence-electron chi connectivity index (χ3n) is 5.14. The Morgan fingerprint density at radius 1 is 1.25 bits per heavy atom. The van der Waals surface area contributed by atoms with Gasteiger partial charge in [-0.15, -0.1) is 0 Å². The van der Waals surface area contributed by atoms with Gasteiger partial charge in [-0.05, 0) is 67.6 Å². The Hall–Kier alpha value is -2.45. The molecule has 0 spiro atoms. The van der Waals surface area contributed by atoms with Crippen molar-refractivity contribution < 1.29 is 22.3 Å². The van der Waals surface area contributed by atoms with E-state index in [1.54, 1.807) is 30.0 Å². The van der Waals surface area contributed by atoms with Crippen LogP contribution in [0.2, 0.25) is 0 Å². The molecule has 2 aliphatic heterocycles. The predicted molar refractivity (Wildman–Crippen MR) is 103 cm³/mol. The van der Waals surface area contributed by atoms with Crippen LogP contribution in [0.5, 0.6) is 0 Å². The molecule has 1 N–H and O–H groups in total. The smallest absolute Gasteiger partial charge is 0.262 e. The first kappa shape index (κ1) is 18.9. The zero-order valence-electron chi connectivity index (χ0n) is 15.4. The van der Waals surface area contributed by atoms with Crippen molar-refractivity contribution in [3.05, 3.63) is 53.3 Å². The second-order valence-electron chi connectivity index (χ2n) is 7.10. The number of ether oxygens (including phenoxy) is 1. The van der Waals surface area contributed by atoms with E-state index < -0.39 is 15.8 Å². The highest BCUT2D eigenvalue weighted by Crippen LogP contribution is 2.33. The van der Waals surface area contributed by atoms with Crippen molar-refractivity contribution in [3.63, 3.8) is 0 Å². The van der Waals surface area contributed by atoms with Crippen LogP contribution in [0.3, 0.4) is 0 Å². The summed E-state index contributed by atoms with van der Waals surface area (Å²) in [7, 11) is -3.92. The van der Waals surface area contributed by atoms with E-state index >= 15 is 0 Å². The molecule has 2 aromatic carbocycles. The highest BCUT2D eigenvalue weighted by molar-refractivity contribution is 7.92. The molecule has 1 atom stereocenters. The van der Waals surface area contributed by atoms with Gasteiger partial charge in [0, 0.05) is 24.5 Å². The third kappa shape index (κ3) is 3.49. The van der Waals surface area contributed by atoms with Crippen molar-refractivity contribution in [2.75, 3.05) is 22.8 Å². The minimum Gasteiger partial charge on any atom is -0.368 e. The lowest BCUT2D eigenvalue weighted by Gasteiger charge is -2.21. The van der Waals surface area contributed by atoms with Crippen LogP contribution in [-0.2, 0) is 26.0 Å². The maximum Gasteiger partial charge on any atom is 0.262 e. The van der Waals surface area contributed by atoms with Crippen LogP contribution in [0.25, 0.3) is 0 Å². The number of aryl methyl sites for hydroxylation is 1. The average Bonchev–Trinajstić information content (AvgIpc) is 3.32. The fourth-order valence-electron chi connectivity index (χ4n) is 3.71. The van der Waals surface area contributed by atoms with E-state index in [0.29, 0.717) is 30.8 Å². The van der Waals surface area contributed by atoms with Crippen molar-refractivity contribution in [1.82, 2.24) is 0 Å². The lowest BCUT2D eigenvalue weighted by molar-refractivity contribution is -0.127. The Labute approximate surface area is 163 Å². The Morgan fingerprint density at radius 3 is 2.82 bits per heavy atom.